The first-order valence-corrected chi connectivity index (χ1v) is 9.17. The van der Waals surface area contributed by atoms with Gasteiger partial charge in [0.25, 0.3) is 0 Å². The van der Waals surface area contributed by atoms with Crippen LogP contribution in [-0.2, 0) is 16.1 Å². The fraction of sp³-hybridized carbons (Fsp3) is 0.412. The number of hydrogen-bond donors (Lipinski definition) is 2. The van der Waals surface area contributed by atoms with E-state index in [1.54, 1.807) is 12.1 Å². The Balaban J connectivity index is 1.46. The molecule has 0 saturated carbocycles. The van der Waals surface area contributed by atoms with E-state index < -0.39 is 0 Å². The van der Waals surface area contributed by atoms with E-state index in [1.165, 1.54) is 30.6 Å². The number of nitrogens with one attached hydrogen (secondary N) is 2. The van der Waals surface area contributed by atoms with Crippen LogP contribution in [-0.4, -0.2) is 34.3 Å². The first-order chi connectivity index (χ1) is 12.5. The molecule has 2 heterocycles. The number of benzene rings is 1. The number of carbonyl (C=O) groups is 2. The van der Waals surface area contributed by atoms with E-state index in [9.17, 15) is 14.0 Å². The van der Waals surface area contributed by atoms with Crippen LogP contribution < -0.4 is 15.5 Å². The van der Waals surface area contributed by atoms with Gasteiger partial charge in [0.05, 0.1) is 0 Å². The van der Waals surface area contributed by atoms with Crippen LogP contribution in [0.25, 0.3) is 0 Å². The standard InChI is InChI=1S/C17H20FN5O2S/c1-11(24)20-16-21-17(26-22-16)23-8-6-13(7-9-23)15(25)19-10-12-2-4-14(18)5-3-12/h2-5,13H,6-10H2,1H3,(H,19,25)(H,20,22,24). The zero-order valence-electron chi connectivity index (χ0n) is 14.4. The summed E-state index contributed by atoms with van der Waals surface area (Å²) in [6, 6.07) is 6.11. The fourth-order valence-corrected chi connectivity index (χ4v) is 3.50. The highest BCUT2D eigenvalue weighted by atomic mass is 32.1. The Morgan fingerprint density at radius 2 is 1.96 bits per heavy atom. The lowest BCUT2D eigenvalue weighted by molar-refractivity contribution is -0.125. The Labute approximate surface area is 154 Å². The third kappa shape index (κ3) is 4.75. The highest BCUT2D eigenvalue weighted by Gasteiger charge is 2.26. The van der Waals surface area contributed by atoms with Crippen molar-refractivity contribution < 1.29 is 14.0 Å². The quantitative estimate of drug-likeness (QED) is 0.834. The van der Waals surface area contributed by atoms with Gasteiger partial charge in [0, 0.05) is 44.0 Å². The first kappa shape index (κ1) is 18.2. The predicted octanol–water partition coefficient (Wildman–Crippen LogP) is 2.17. The van der Waals surface area contributed by atoms with Crippen molar-refractivity contribution in [2.75, 3.05) is 23.3 Å². The third-order valence-electron chi connectivity index (χ3n) is 4.22. The van der Waals surface area contributed by atoms with E-state index in [0.717, 1.165) is 23.5 Å². The zero-order valence-corrected chi connectivity index (χ0v) is 15.2. The van der Waals surface area contributed by atoms with E-state index in [1.807, 2.05) is 0 Å². The lowest BCUT2D eigenvalue weighted by Gasteiger charge is -2.30. The Kier molecular flexibility index (Phi) is 5.77. The van der Waals surface area contributed by atoms with Crippen LogP contribution in [0.15, 0.2) is 24.3 Å². The lowest BCUT2D eigenvalue weighted by atomic mass is 9.96. The summed E-state index contributed by atoms with van der Waals surface area (Å²) in [5.41, 5.74) is 0.872. The molecule has 0 spiro atoms. The molecule has 2 amide bonds. The molecule has 1 aliphatic rings. The van der Waals surface area contributed by atoms with Gasteiger partial charge in [-0.15, -0.1) is 0 Å². The van der Waals surface area contributed by atoms with Crippen molar-refractivity contribution in [2.45, 2.75) is 26.3 Å². The van der Waals surface area contributed by atoms with Gasteiger partial charge in [0.2, 0.25) is 22.9 Å². The highest BCUT2D eigenvalue weighted by molar-refractivity contribution is 7.09. The molecule has 9 heteroatoms. The SMILES string of the molecule is CC(=O)Nc1nsc(N2CCC(C(=O)NCc3ccc(F)cc3)CC2)n1. The molecule has 1 aromatic heterocycles. The van der Waals surface area contributed by atoms with E-state index >= 15 is 0 Å². The van der Waals surface area contributed by atoms with Gasteiger partial charge in [0.15, 0.2) is 0 Å². The molecule has 1 aliphatic heterocycles. The highest BCUT2D eigenvalue weighted by Crippen LogP contribution is 2.26. The van der Waals surface area contributed by atoms with Crippen LogP contribution in [0.1, 0.15) is 25.3 Å². The number of piperidine rings is 1. The Hall–Kier alpha value is -2.55. The summed E-state index contributed by atoms with van der Waals surface area (Å²) in [4.78, 5) is 29.7. The largest absolute Gasteiger partial charge is 0.352 e. The van der Waals surface area contributed by atoms with Crippen LogP contribution >= 0.6 is 11.5 Å². The van der Waals surface area contributed by atoms with E-state index in [-0.39, 0.29) is 23.5 Å². The van der Waals surface area contributed by atoms with Crippen molar-refractivity contribution in [3.05, 3.63) is 35.6 Å². The van der Waals surface area contributed by atoms with Crippen LogP contribution in [0.2, 0.25) is 0 Å². The maximum Gasteiger partial charge on any atom is 0.243 e. The molecule has 1 aromatic carbocycles. The minimum absolute atomic E-state index is 0.0187. The zero-order chi connectivity index (χ0) is 18.5. The van der Waals surface area contributed by atoms with Crippen molar-refractivity contribution in [2.24, 2.45) is 5.92 Å². The van der Waals surface area contributed by atoms with Crippen molar-refractivity contribution in [1.82, 2.24) is 14.7 Å². The summed E-state index contributed by atoms with van der Waals surface area (Å²) in [5, 5.41) is 6.23. The Morgan fingerprint density at radius 1 is 1.27 bits per heavy atom. The average Bonchev–Trinajstić information content (AvgIpc) is 3.09. The number of nitrogens with zero attached hydrogens (tertiary/aromatic N) is 3. The van der Waals surface area contributed by atoms with Gasteiger partial charge in [-0.05, 0) is 30.5 Å². The summed E-state index contributed by atoms with van der Waals surface area (Å²) in [6.45, 7) is 3.24. The molecule has 0 bridgehead atoms. The van der Waals surface area contributed by atoms with Crippen LogP contribution in [0, 0.1) is 11.7 Å². The second kappa shape index (κ2) is 8.22. The van der Waals surface area contributed by atoms with Gasteiger partial charge in [-0.1, -0.05) is 12.1 Å². The van der Waals surface area contributed by atoms with Gasteiger partial charge >= 0.3 is 0 Å². The molecule has 2 aromatic rings. The molecule has 2 N–H and O–H groups in total. The first-order valence-electron chi connectivity index (χ1n) is 8.39. The van der Waals surface area contributed by atoms with E-state index in [0.29, 0.717) is 25.6 Å². The van der Waals surface area contributed by atoms with Crippen LogP contribution in [0.3, 0.4) is 0 Å². The normalized spacial score (nSPS) is 14.9. The van der Waals surface area contributed by atoms with Crippen molar-refractivity contribution in [3.8, 4) is 0 Å². The molecule has 3 rings (SSSR count). The fourth-order valence-electron chi connectivity index (χ4n) is 2.82. The Morgan fingerprint density at radius 3 is 2.62 bits per heavy atom. The van der Waals surface area contributed by atoms with Crippen molar-refractivity contribution in [3.63, 3.8) is 0 Å². The maximum absolute atomic E-state index is 12.9. The lowest BCUT2D eigenvalue weighted by Crippen LogP contribution is -2.40. The average molecular weight is 377 g/mol. The maximum atomic E-state index is 12.9. The van der Waals surface area contributed by atoms with Gasteiger partial charge in [-0.3, -0.25) is 14.9 Å². The minimum Gasteiger partial charge on any atom is -0.352 e. The monoisotopic (exact) mass is 377 g/mol. The molecular weight excluding hydrogens is 357 g/mol. The number of amides is 2. The number of hydrogen-bond acceptors (Lipinski definition) is 6. The molecular formula is C17H20FN5O2S. The van der Waals surface area contributed by atoms with E-state index in [4.69, 9.17) is 0 Å². The van der Waals surface area contributed by atoms with Crippen LogP contribution in [0.5, 0.6) is 0 Å². The van der Waals surface area contributed by atoms with Gasteiger partial charge < -0.3 is 10.2 Å². The minimum atomic E-state index is -0.286. The smallest absolute Gasteiger partial charge is 0.243 e. The van der Waals surface area contributed by atoms with Gasteiger partial charge in [-0.2, -0.15) is 9.36 Å². The van der Waals surface area contributed by atoms with Gasteiger partial charge in [0.1, 0.15) is 5.82 Å². The number of anilines is 2. The molecule has 0 radical (unpaired) electrons. The molecule has 1 saturated heterocycles. The number of carbonyl (C=O) groups excluding carboxylic acids is 2. The van der Waals surface area contributed by atoms with Gasteiger partial charge in [-0.25, -0.2) is 4.39 Å². The topological polar surface area (TPSA) is 87.2 Å². The van der Waals surface area contributed by atoms with E-state index in [2.05, 4.69) is 24.9 Å². The van der Waals surface area contributed by atoms with Crippen molar-refractivity contribution in [1.29, 1.82) is 0 Å². The summed E-state index contributed by atoms with van der Waals surface area (Å²) in [5.74, 6) is -0.201. The molecule has 7 nitrogen and oxygen atoms in total. The molecule has 26 heavy (non-hydrogen) atoms. The second-order valence-electron chi connectivity index (χ2n) is 6.19. The summed E-state index contributed by atoms with van der Waals surface area (Å²) < 4.78 is 17.0. The third-order valence-corrected chi connectivity index (χ3v) is 5.00. The van der Waals surface area contributed by atoms with Crippen LogP contribution in [0.4, 0.5) is 15.5 Å². The predicted molar refractivity (Wildman–Crippen MR) is 97.4 cm³/mol. The molecule has 0 aliphatic carbocycles. The van der Waals surface area contributed by atoms with Crippen molar-refractivity contribution >= 4 is 34.4 Å². The Bertz CT molecular complexity index is 772. The molecule has 1 fully saturated rings. The summed E-state index contributed by atoms with van der Waals surface area (Å²) in [7, 11) is 0. The molecule has 0 atom stereocenters. The summed E-state index contributed by atoms with van der Waals surface area (Å²) in [6.07, 6.45) is 1.45. The molecule has 0 unspecified atom stereocenters. The number of aromatic nitrogens is 2. The molecule has 138 valence electrons. The second-order valence-corrected chi connectivity index (χ2v) is 6.92. The number of halogens is 1. The number of rotatable bonds is 5. The summed E-state index contributed by atoms with van der Waals surface area (Å²) >= 11 is 1.24.